The van der Waals surface area contributed by atoms with Gasteiger partial charge in [0.1, 0.15) is 0 Å². The molecular formula is C17H27ClN2O. The molecule has 1 fully saturated rings. The van der Waals surface area contributed by atoms with Crippen LogP contribution in [-0.4, -0.2) is 23.0 Å². The molecule has 1 amide bonds. The lowest BCUT2D eigenvalue weighted by Crippen LogP contribution is -2.62. The molecule has 1 heterocycles. The topological polar surface area (TPSA) is 41.1 Å². The third kappa shape index (κ3) is 5.68. The molecule has 0 unspecified atom stereocenters. The van der Waals surface area contributed by atoms with Gasteiger partial charge in [0.15, 0.2) is 0 Å². The van der Waals surface area contributed by atoms with Crippen molar-refractivity contribution in [2.24, 2.45) is 0 Å². The van der Waals surface area contributed by atoms with Gasteiger partial charge in [0.05, 0.1) is 6.42 Å². The van der Waals surface area contributed by atoms with Gasteiger partial charge in [0, 0.05) is 17.1 Å². The Bertz CT molecular complexity index is 455. The highest BCUT2D eigenvalue weighted by molar-refractivity contribution is 5.85. The van der Waals surface area contributed by atoms with Crippen LogP contribution in [0.1, 0.15) is 46.1 Å². The maximum Gasteiger partial charge on any atom is 0.224 e. The molecule has 2 rings (SSSR count). The van der Waals surface area contributed by atoms with Crippen molar-refractivity contribution in [1.29, 1.82) is 0 Å². The fraction of sp³-hybridized carbons (Fsp3) is 0.588. The second-order valence-corrected chi connectivity index (χ2v) is 7.23. The average Bonchev–Trinajstić information content (AvgIpc) is 2.25. The van der Waals surface area contributed by atoms with Crippen molar-refractivity contribution >= 4 is 18.3 Å². The summed E-state index contributed by atoms with van der Waals surface area (Å²) < 4.78 is 0. The first-order chi connectivity index (χ1) is 9.26. The van der Waals surface area contributed by atoms with Crippen LogP contribution in [0.4, 0.5) is 0 Å². The number of halogens is 1. The Morgan fingerprint density at radius 1 is 1.14 bits per heavy atom. The first-order valence-corrected chi connectivity index (χ1v) is 7.38. The fourth-order valence-electron chi connectivity index (χ4n) is 3.48. The monoisotopic (exact) mass is 310 g/mol. The summed E-state index contributed by atoms with van der Waals surface area (Å²) in [5.74, 6) is 0.120. The van der Waals surface area contributed by atoms with E-state index in [1.54, 1.807) is 0 Å². The molecule has 1 aliphatic rings. The maximum absolute atomic E-state index is 12.2. The zero-order valence-corrected chi connectivity index (χ0v) is 14.2. The second kappa shape index (κ2) is 6.80. The Morgan fingerprint density at radius 3 is 2.19 bits per heavy atom. The molecule has 2 N–H and O–H groups in total. The summed E-state index contributed by atoms with van der Waals surface area (Å²) in [6, 6.07) is 10.2. The number of carbonyl (C=O) groups excluding carboxylic acids is 1. The lowest BCUT2D eigenvalue weighted by molar-refractivity contribution is -0.121. The molecule has 0 radical (unpaired) electrons. The van der Waals surface area contributed by atoms with Gasteiger partial charge < -0.3 is 10.6 Å². The Labute approximate surface area is 134 Å². The van der Waals surface area contributed by atoms with Crippen molar-refractivity contribution in [1.82, 2.24) is 10.6 Å². The van der Waals surface area contributed by atoms with Crippen molar-refractivity contribution < 1.29 is 4.79 Å². The molecular weight excluding hydrogens is 284 g/mol. The first-order valence-electron chi connectivity index (χ1n) is 7.38. The van der Waals surface area contributed by atoms with Gasteiger partial charge in [-0.2, -0.15) is 0 Å². The molecule has 21 heavy (non-hydrogen) atoms. The summed E-state index contributed by atoms with van der Waals surface area (Å²) in [6.07, 6.45) is 2.40. The molecule has 1 saturated heterocycles. The van der Waals surface area contributed by atoms with E-state index in [0.29, 0.717) is 6.42 Å². The smallest absolute Gasteiger partial charge is 0.224 e. The van der Waals surface area contributed by atoms with Crippen LogP contribution >= 0.6 is 12.4 Å². The molecule has 0 atom stereocenters. The molecule has 0 spiro atoms. The Kier molecular flexibility index (Phi) is 5.83. The molecule has 0 aromatic heterocycles. The van der Waals surface area contributed by atoms with Crippen LogP contribution in [0.3, 0.4) is 0 Å². The van der Waals surface area contributed by atoms with E-state index >= 15 is 0 Å². The van der Waals surface area contributed by atoms with Crippen LogP contribution in [0, 0.1) is 0 Å². The number of hydrogen-bond acceptors (Lipinski definition) is 2. The van der Waals surface area contributed by atoms with Gasteiger partial charge in [-0.05, 0) is 46.1 Å². The van der Waals surface area contributed by atoms with Crippen molar-refractivity contribution in [2.75, 3.05) is 0 Å². The molecule has 0 bridgehead atoms. The number of carbonyl (C=O) groups is 1. The summed E-state index contributed by atoms with van der Waals surface area (Å²) >= 11 is 0. The van der Waals surface area contributed by atoms with E-state index in [0.717, 1.165) is 18.4 Å². The highest BCUT2D eigenvalue weighted by Gasteiger charge is 2.38. The predicted molar refractivity (Wildman–Crippen MR) is 89.9 cm³/mol. The van der Waals surface area contributed by atoms with E-state index in [1.165, 1.54) is 0 Å². The standard InChI is InChI=1S/C17H26N2O.ClH/c1-16(2)11-14(12-17(3,4)19-16)18-15(20)10-13-8-6-5-7-9-13;/h5-9,14,19H,10-12H2,1-4H3,(H,18,20);1H. The van der Waals surface area contributed by atoms with Crippen LogP contribution in [-0.2, 0) is 11.2 Å². The van der Waals surface area contributed by atoms with E-state index in [9.17, 15) is 4.79 Å². The average molecular weight is 311 g/mol. The van der Waals surface area contributed by atoms with Gasteiger partial charge in [-0.1, -0.05) is 30.3 Å². The molecule has 0 saturated carbocycles. The summed E-state index contributed by atoms with van der Waals surface area (Å²) in [7, 11) is 0. The minimum absolute atomic E-state index is 0. The van der Waals surface area contributed by atoms with Gasteiger partial charge >= 0.3 is 0 Å². The van der Waals surface area contributed by atoms with Gasteiger partial charge in [-0.25, -0.2) is 0 Å². The van der Waals surface area contributed by atoms with Gasteiger partial charge in [-0.15, -0.1) is 12.4 Å². The fourth-order valence-corrected chi connectivity index (χ4v) is 3.48. The number of rotatable bonds is 3. The number of hydrogen-bond donors (Lipinski definition) is 2. The third-order valence-corrected chi connectivity index (χ3v) is 3.76. The van der Waals surface area contributed by atoms with Gasteiger partial charge in [0.2, 0.25) is 5.91 Å². The highest BCUT2D eigenvalue weighted by Crippen LogP contribution is 2.28. The van der Waals surface area contributed by atoms with E-state index < -0.39 is 0 Å². The van der Waals surface area contributed by atoms with Crippen molar-refractivity contribution in [3.05, 3.63) is 35.9 Å². The van der Waals surface area contributed by atoms with Gasteiger partial charge in [0.25, 0.3) is 0 Å². The Hall–Kier alpha value is -1.06. The molecule has 1 aliphatic heterocycles. The lowest BCUT2D eigenvalue weighted by atomic mass is 9.79. The van der Waals surface area contributed by atoms with E-state index in [2.05, 4.69) is 38.3 Å². The van der Waals surface area contributed by atoms with Crippen molar-refractivity contribution in [2.45, 2.75) is 64.1 Å². The van der Waals surface area contributed by atoms with Crippen LogP contribution < -0.4 is 10.6 Å². The number of benzene rings is 1. The predicted octanol–water partition coefficient (Wildman–Crippen LogP) is 3.08. The molecule has 118 valence electrons. The van der Waals surface area contributed by atoms with Gasteiger partial charge in [-0.3, -0.25) is 4.79 Å². The zero-order valence-electron chi connectivity index (χ0n) is 13.4. The Balaban J connectivity index is 0.00000220. The summed E-state index contributed by atoms with van der Waals surface area (Å²) in [5, 5.41) is 6.83. The minimum atomic E-state index is 0. The summed E-state index contributed by atoms with van der Waals surface area (Å²) in [6.45, 7) is 8.79. The van der Waals surface area contributed by atoms with E-state index in [1.807, 2.05) is 30.3 Å². The molecule has 0 aliphatic carbocycles. The quantitative estimate of drug-likeness (QED) is 0.901. The van der Waals surface area contributed by atoms with Crippen LogP contribution in [0.5, 0.6) is 0 Å². The van der Waals surface area contributed by atoms with E-state index in [4.69, 9.17) is 0 Å². The molecule has 1 aromatic carbocycles. The second-order valence-electron chi connectivity index (χ2n) is 7.23. The minimum Gasteiger partial charge on any atom is -0.353 e. The SMILES string of the molecule is CC1(C)CC(NC(=O)Cc2ccccc2)CC(C)(C)N1.Cl. The molecule has 3 nitrogen and oxygen atoms in total. The van der Waals surface area contributed by atoms with Crippen LogP contribution in [0.25, 0.3) is 0 Å². The lowest BCUT2D eigenvalue weighted by Gasteiger charge is -2.46. The highest BCUT2D eigenvalue weighted by atomic mass is 35.5. The number of nitrogens with one attached hydrogen (secondary N) is 2. The number of piperidine rings is 1. The molecule has 4 heteroatoms. The number of amides is 1. The normalized spacial score (nSPS) is 20.4. The van der Waals surface area contributed by atoms with Crippen molar-refractivity contribution in [3.63, 3.8) is 0 Å². The Morgan fingerprint density at radius 2 is 1.67 bits per heavy atom. The molecule has 1 aromatic rings. The zero-order chi connectivity index (χ0) is 14.8. The van der Waals surface area contributed by atoms with E-state index in [-0.39, 0.29) is 35.4 Å². The third-order valence-electron chi connectivity index (χ3n) is 3.76. The largest absolute Gasteiger partial charge is 0.353 e. The summed E-state index contributed by atoms with van der Waals surface area (Å²) in [5.41, 5.74) is 1.19. The van der Waals surface area contributed by atoms with Crippen LogP contribution in [0.2, 0.25) is 0 Å². The first kappa shape index (κ1) is 18.0. The van der Waals surface area contributed by atoms with Crippen molar-refractivity contribution in [3.8, 4) is 0 Å². The maximum atomic E-state index is 12.2. The summed E-state index contributed by atoms with van der Waals surface area (Å²) in [4.78, 5) is 12.2. The van der Waals surface area contributed by atoms with Crippen LogP contribution in [0.15, 0.2) is 30.3 Å².